The molecule has 0 spiro atoms. The number of furan rings is 1. The van der Waals surface area contributed by atoms with E-state index in [1.165, 1.54) is 0 Å². The predicted octanol–water partition coefficient (Wildman–Crippen LogP) is 2.35. The molecule has 0 atom stereocenters. The smallest absolute Gasteiger partial charge is 0.270 e. The van der Waals surface area contributed by atoms with E-state index in [0.29, 0.717) is 35.5 Å². The molecule has 0 radical (unpaired) electrons. The highest BCUT2D eigenvalue weighted by Crippen LogP contribution is 2.15. The quantitative estimate of drug-likeness (QED) is 0.744. The van der Waals surface area contributed by atoms with Gasteiger partial charge in [0.2, 0.25) is 0 Å². The first-order chi connectivity index (χ1) is 11.1. The third-order valence-corrected chi connectivity index (χ3v) is 2.96. The van der Waals surface area contributed by atoms with Gasteiger partial charge in [0.05, 0.1) is 12.8 Å². The van der Waals surface area contributed by atoms with E-state index in [1.54, 1.807) is 44.4 Å². The van der Waals surface area contributed by atoms with Gasteiger partial charge in [-0.05, 0) is 26.0 Å². The van der Waals surface area contributed by atoms with Gasteiger partial charge in [0.25, 0.3) is 5.91 Å². The first kappa shape index (κ1) is 14.8. The first-order valence-electron chi connectivity index (χ1n) is 6.97. The van der Waals surface area contributed by atoms with Crippen LogP contribution in [0.4, 0.5) is 11.6 Å². The van der Waals surface area contributed by atoms with Crippen LogP contribution >= 0.6 is 0 Å². The molecule has 23 heavy (non-hydrogen) atoms. The maximum Gasteiger partial charge on any atom is 0.270 e. The van der Waals surface area contributed by atoms with Crippen LogP contribution in [0.2, 0.25) is 0 Å². The third-order valence-electron chi connectivity index (χ3n) is 2.96. The van der Waals surface area contributed by atoms with Crippen molar-refractivity contribution in [1.82, 2.24) is 20.4 Å². The Morgan fingerprint density at radius 3 is 2.78 bits per heavy atom. The lowest BCUT2D eigenvalue weighted by Gasteiger charge is -2.07. The highest BCUT2D eigenvalue weighted by Gasteiger charge is 2.12. The van der Waals surface area contributed by atoms with E-state index < -0.39 is 0 Å². The molecule has 8 heteroatoms. The molecule has 0 aromatic carbocycles. The topological polar surface area (TPSA) is 106 Å². The van der Waals surface area contributed by atoms with Gasteiger partial charge in [-0.1, -0.05) is 5.16 Å². The van der Waals surface area contributed by atoms with Crippen molar-refractivity contribution in [2.24, 2.45) is 0 Å². The summed E-state index contributed by atoms with van der Waals surface area (Å²) in [5.74, 6) is 2.48. The second-order valence-corrected chi connectivity index (χ2v) is 4.90. The number of rotatable bonds is 5. The lowest BCUT2D eigenvalue weighted by atomic mass is 10.3. The lowest BCUT2D eigenvalue weighted by Crippen LogP contribution is -2.24. The number of carbonyl (C=O) groups is 1. The van der Waals surface area contributed by atoms with E-state index >= 15 is 0 Å². The molecule has 2 N–H and O–H groups in total. The van der Waals surface area contributed by atoms with Crippen molar-refractivity contribution >= 4 is 17.5 Å². The summed E-state index contributed by atoms with van der Waals surface area (Å²) in [4.78, 5) is 20.6. The number of carbonyl (C=O) groups excluding carboxylic acids is 1. The highest BCUT2D eigenvalue weighted by atomic mass is 16.5. The number of hydrogen-bond donors (Lipinski definition) is 2. The summed E-state index contributed by atoms with van der Waals surface area (Å²) in [6, 6.07) is 6.83. The van der Waals surface area contributed by atoms with E-state index in [1.807, 2.05) is 0 Å². The summed E-state index contributed by atoms with van der Waals surface area (Å²) in [7, 11) is 0. The van der Waals surface area contributed by atoms with E-state index in [0.717, 1.165) is 0 Å². The first-order valence-corrected chi connectivity index (χ1v) is 6.97. The molecule has 3 rings (SSSR count). The summed E-state index contributed by atoms with van der Waals surface area (Å²) in [5.41, 5.74) is 0.256. The van der Waals surface area contributed by atoms with E-state index in [-0.39, 0.29) is 11.6 Å². The Labute approximate surface area is 131 Å². The fraction of sp³-hybridized carbons (Fsp3) is 0.200. The van der Waals surface area contributed by atoms with Gasteiger partial charge < -0.3 is 19.6 Å². The summed E-state index contributed by atoms with van der Waals surface area (Å²) < 4.78 is 10.1. The Morgan fingerprint density at radius 1 is 1.22 bits per heavy atom. The number of aromatic nitrogens is 3. The van der Waals surface area contributed by atoms with Gasteiger partial charge in [-0.25, -0.2) is 9.97 Å². The number of amides is 1. The second-order valence-electron chi connectivity index (χ2n) is 4.90. The minimum atomic E-state index is -0.314. The molecule has 8 nitrogen and oxygen atoms in total. The average Bonchev–Trinajstić information content (AvgIpc) is 3.16. The zero-order chi connectivity index (χ0) is 16.2. The lowest BCUT2D eigenvalue weighted by molar-refractivity contribution is 0.0942. The van der Waals surface area contributed by atoms with Crippen molar-refractivity contribution in [3.8, 4) is 0 Å². The number of hydrogen-bond acceptors (Lipinski definition) is 7. The molecule has 0 aliphatic carbocycles. The maximum atomic E-state index is 12.2. The molecule has 1 amide bonds. The minimum Gasteiger partial charge on any atom is -0.467 e. The zero-order valence-corrected chi connectivity index (χ0v) is 12.7. The normalized spacial score (nSPS) is 10.5. The molecule has 0 saturated carbocycles. The van der Waals surface area contributed by atoms with E-state index in [2.05, 4.69) is 25.8 Å². The standard InChI is InChI=1S/C15H15N5O3/c1-9-6-14(20-23-9)19-13-7-12(17-10(2)18-13)15(21)16-8-11-4-3-5-22-11/h3-7H,8H2,1-2H3,(H,16,21)(H,17,18,19,20). The average molecular weight is 313 g/mol. The number of nitrogens with one attached hydrogen (secondary N) is 2. The fourth-order valence-electron chi connectivity index (χ4n) is 1.98. The van der Waals surface area contributed by atoms with Crippen molar-refractivity contribution in [3.63, 3.8) is 0 Å². The van der Waals surface area contributed by atoms with Crippen LogP contribution in [0.5, 0.6) is 0 Å². The third kappa shape index (κ3) is 3.73. The van der Waals surface area contributed by atoms with E-state index in [4.69, 9.17) is 8.94 Å². The van der Waals surface area contributed by atoms with Gasteiger partial charge >= 0.3 is 0 Å². The molecule has 118 valence electrons. The Bertz CT molecular complexity index is 810. The van der Waals surface area contributed by atoms with Crippen LogP contribution in [-0.4, -0.2) is 21.0 Å². The molecular formula is C15H15N5O3. The molecule has 3 heterocycles. The predicted molar refractivity (Wildman–Crippen MR) is 81.2 cm³/mol. The Hall–Kier alpha value is -3.16. The summed E-state index contributed by atoms with van der Waals surface area (Å²) in [5, 5.41) is 9.54. The van der Waals surface area contributed by atoms with E-state index in [9.17, 15) is 4.79 Å². The molecule has 3 aromatic heterocycles. The monoisotopic (exact) mass is 313 g/mol. The SMILES string of the molecule is Cc1nc(Nc2cc(C)on2)cc(C(=O)NCc2ccco2)n1. The molecule has 0 aliphatic rings. The summed E-state index contributed by atoms with van der Waals surface area (Å²) in [6.45, 7) is 3.79. The minimum absolute atomic E-state index is 0.256. The largest absolute Gasteiger partial charge is 0.467 e. The molecule has 0 saturated heterocycles. The van der Waals surface area contributed by atoms with Crippen molar-refractivity contribution in [1.29, 1.82) is 0 Å². The Balaban J connectivity index is 1.72. The van der Waals surface area contributed by atoms with Crippen LogP contribution in [0.1, 0.15) is 27.8 Å². The Morgan fingerprint density at radius 2 is 2.09 bits per heavy atom. The van der Waals surface area contributed by atoms with Crippen molar-refractivity contribution < 1.29 is 13.7 Å². The molecular weight excluding hydrogens is 298 g/mol. The fourth-order valence-corrected chi connectivity index (χ4v) is 1.98. The van der Waals surface area contributed by atoms with Gasteiger partial charge in [-0.15, -0.1) is 0 Å². The van der Waals surface area contributed by atoms with Gasteiger partial charge in [0, 0.05) is 12.1 Å². The van der Waals surface area contributed by atoms with Crippen LogP contribution in [0.15, 0.2) is 39.5 Å². The second kappa shape index (κ2) is 6.30. The molecule has 0 bridgehead atoms. The van der Waals surface area contributed by atoms with Gasteiger partial charge in [-0.2, -0.15) is 0 Å². The van der Waals surface area contributed by atoms with Gasteiger partial charge in [0.15, 0.2) is 5.82 Å². The van der Waals surface area contributed by atoms with Crippen LogP contribution in [0, 0.1) is 13.8 Å². The zero-order valence-electron chi connectivity index (χ0n) is 12.7. The van der Waals surface area contributed by atoms with Crippen molar-refractivity contribution in [3.05, 3.63) is 53.6 Å². The molecule has 0 fully saturated rings. The number of nitrogens with zero attached hydrogens (tertiary/aromatic N) is 3. The van der Waals surface area contributed by atoms with Crippen LogP contribution < -0.4 is 10.6 Å². The maximum absolute atomic E-state index is 12.2. The molecule has 0 unspecified atom stereocenters. The van der Waals surface area contributed by atoms with Crippen LogP contribution in [-0.2, 0) is 6.54 Å². The molecule has 0 aliphatic heterocycles. The summed E-state index contributed by atoms with van der Waals surface area (Å²) >= 11 is 0. The van der Waals surface area contributed by atoms with Crippen LogP contribution in [0.25, 0.3) is 0 Å². The van der Waals surface area contributed by atoms with Crippen LogP contribution in [0.3, 0.4) is 0 Å². The number of anilines is 2. The Kier molecular flexibility index (Phi) is 4.05. The molecule has 3 aromatic rings. The van der Waals surface area contributed by atoms with Crippen molar-refractivity contribution in [2.75, 3.05) is 5.32 Å². The van der Waals surface area contributed by atoms with Crippen molar-refractivity contribution in [2.45, 2.75) is 20.4 Å². The van der Waals surface area contributed by atoms with Gasteiger partial charge in [0.1, 0.15) is 28.9 Å². The highest BCUT2D eigenvalue weighted by molar-refractivity contribution is 5.93. The number of aryl methyl sites for hydroxylation is 2. The van der Waals surface area contributed by atoms with Gasteiger partial charge in [-0.3, -0.25) is 4.79 Å². The summed E-state index contributed by atoms with van der Waals surface area (Å²) in [6.07, 6.45) is 1.55.